The molecule has 0 radical (unpaired) electrons. The van der Waals surface area contributed by atoms with E-state index in [-0.39, 0.29) is 12.1 Å². The van der Waals surface area contributed by atoms with Gasteiger partial charge in [0.2, 0.25) is 0 Å². The molecule has 0 aromatic heterocycles. The van der Waals surface area contributed by atoms with Crippen LogP contribution in [0, 0.1) is 0 Å². The third kappa shape index (κ3) is 4.72. The fourth-order valence-electron chi connectivity index (χ4n) is 2.60. The summed E-state index contributed by atoms with van der Waals surface area (Å²) in [6.45, 7) is 4.67. The number of likely N-dealkylation sites (tertiary alicyclic amines) is 1. The Bertz CT molecular complexity index is 463. The average molecular weight is 292 g/mol. The molecule has 0 spiro atoms. The standard InChI is InChI=1S/C16H24N2O3/c1-3-21-15-8-5-9-18(11-15)16(19)17-14-7-4-6-13(10-14)12-20-2/h4,6-7,10,15H,3,5,8-9,11-12H2,1-2H3,(H,17,19)/t15-/m0/s1. The monoisotopic (exact) mass is 292 g/mol. The molecular weight excluding hydrogens is 268 g/mol. The van der Waals surface area contributed by atoms with Gasteiger partial charge in [-0.2, -0.15) is 0 Å². The lowest BCUT2D eigenvalue weighted by Gasteiger charge is -2.32. The van der Waals surface area contributed by atoms with Crippen molar-refractivity contribution in [1.29, 1.82) is 0 Å². The number of hydrogen-bond acceptors (Lipinski definition) is 3. The van der Waals surface area contributed by atoms with E-state index in [1.807, 2.05) is 36.1 Å². The lowest BCUT2D eigenvalue weighted by Crippen LogP contribution is -2.45. The maximum Gasteiger partial charge on any atom is 0.321 e. The summed E-state index contributed by atoms with van der Waals surface area (Å²) < 4.78 is 10.7. The van der Waals surface area contributed by atoms with Gasteiger partial charge in [0.1, 0.15) is 0 Å². The summed E-state index contributed by atoms with van der Waals surface area (Å²) >= 11 is 0. The molecule has 1 aromatic carbocycles. The van der Waals surface area contributed by atoms with Crippen LogP contribution < -0.4 is 5.32 Å². The number of ether oxygens (including phenoxy) is 2. The van der Waals surface area contributed by atoms with Crippen LogP contribution in [-0.2, 0) is 16.1 Å². The van der Waals surface area contributed by atoms with E-state index in [1.165, 1.54) is 0 Å². The Morgan fingerprint density at radius 1 is 1.48 bits per heavy atom. The highest BCUT2D eigenvalue weighted by molar-refractivity contribution is 5.89. The normalized spacial score (nSPS) is 18.6. The molecule has 1 N–H and O–H groups in total. The van der Waals surface area contributed by atoms with Gasteiger partial charge in [0.25, 0.3) is 0 Å². The molecule has 2 rings (SSSR count). The summed E-state index contributed by atoms with van der Waals surface area (Å²) in [6, 6.07) is 7.66. The smallest absolute Gasteiger partial charge is 0.321 e. The Balaban J connectivity index is 1.92. The summed E-state index contributed by atoms with van der Waals surface area (Å²) in [5, 5.41) is 2.95. The topological polar surface area (TPSA) is 50.8 Å². The van der Waals surface area contributed by atoms with E-state index < -0.39 is 0 Å². The molecule has 116 valence electrons. The molecule has 0 aliphatic carbocycles. The zero-order valence-electron chi connectivity index (χ0n) is 12.8. The molecule has 0 saturated carbocycles. The van der Waals surface area contributed by atoms with Gasteiger partial charge in [0, 0.05) is 32.5 Å². The second kappa shape index (κ2) is 8.00. The van der Waals surface area contributed by atoms with Crippen molar-refractivity contribution in [3.8, 4) is 0 Å². The van der Waals surface area contributed by atoms with E-state index in [2.05, 4.69) is 5.32 Å². The fraction of sp³-hybridized carbons (Fsp3) is 0.562. The number of urea groups is 1. The third-order valence-electron chi connectivity index (χ3n) is 3.56. The van der Waals surface area contributed by atoms with E-state index in [4.69, 9.17) is 9.47 Å². The van der Waals surface area contributed by atoms with E-state index in [0.29, 0.717) is 19.8 Å². The van der Waals surface area contributed by atoms with Crippen LogP contribution in [0.3, 0.4) is 0 Å². The third-order valence-corrected chi connectivity index (χ3v) is 3.56. The Labute approximate surface area is 126 Å². The van der Waals surface area contributed by atoms with E-state index >= 15 is 0 Å². The summed E-state index contributed by atoms with van der Waals surface area (Å²) in [5.41, 5.74) is 1.84. The number of carbonyl (C=O) groups excluding carboxylic acids is 1. The Hall–Kier alpha value is -1.59. The predicted molar refractivity (Wildman–Crippen MR) is 82.4 cm³/mol. The van der Waals surface area contributed by atoms with Crippen LogP contribution in [0.1, 0.15) is 25.3 Å². The number of benzene rings is 1. The van der Waals surface area contributed by atoms with Crippen molar-refractivity contribution in [3.05, 3.63) is 29.8 Å². The zero-order valence-corrected chi connectivity index (χ0v) is 12.8. The molecule has 1 atom stereocenters. The summed E-state index contributed by atoms with van der Waals surface area (Å²) in [7, 11) is 1.66. The number of methoxy groups -OCH3 is 1. The van der Waals surface area contributed by atoms with Gasteiger partial charge in [-0.15, -0.1) is 0 Å². The molecular formula is C16H24N2O3. The minimum absolute atomic E-state index is 0.0611. The van der Waals surface area contributed by atoms with Crippen LogP contribution in [-0.4, -0.2) is 43.8 Å². The van der Waals surface area contributed by atoms with Crippen LogP contribution in [0.2, 0.25) is 0 Å². The van der Waals surface area contributed by atoms with Gasteiger partial charge in [0.05, 0.1) is 12.7 Å². The highest BCUT2D eigenvalue weighted by Crippen LogP contribution is 2.16. The van der Waals surface area contributed by atoms with Crippen LogP contribution in [0.15, 0.2) is 24.3 Å². The number of rotatable bonds is 5. The van der Waals surface area contributed by atoms with Crippen molar-refractivity contribution in [1.82, 2.24) is 4.90 Å². The van der Waals surface area contributed by atoms with Gasteiger partial charge < -0.3 is 19.7 Å². The second-order valence-electron chi connectivity index (χ2n) is 5.23. The molecule has 0 bridgehead atoms. The van der Waals surface area contributed by atoms with Gasteiger partial charge in [-0.3, -0.25) is 0 Å². The van der Waals surface area contributed by atoms with Gasteiger partial charge >= 0.3 is 6.03 Å². The maximum atomic E-state index is 12.3. The van der Waals surface area contributed by atoms with E-state index in [1.54, 1.807) is 7.11 Å². The first-order valence-corrected chi connectivity index (χ1v) is 7.48. The maximum absolute atomic E-state index is 12.3. The van der Waals surface area contributed by atoms with E-state index in [9.17, 15) is 4.79 Å². The van der Waals surface area contributed by atoms with Gasteiger partial charge in [-0.05, 0) is 37.5 Å². The molecule has 1 aliphatic heterocycles. The van der Waals surface area contributed by atoms with Crippen LogP contribution in [0.4, 0.5) is 10.5 Å². The predicted octanol–water partition coefficient (Wildman–Crippen LogP) is 2.87. The molecule has 1 aliphatic rings. The Morgan fingerprint density at radius 2 is 2.33 bits per heavy atom. The Morgan fingerprint density at radius 3 is 3.10 bits per heavy atom. The highest BCUT2D eigenvalue weighted by Gasteiger charge is 2.23. The first kappa shape index (κ1) is 15.8. The van der Waals surface area contributed by atoms with Crippen molar-refractivity contribution in [2.45, 2.75) is 32.5 Å². The number of anilines is 1. The van der Waals surface area contributed by atoms with Crippen molar-refractivity contribution in [3.63, 3.8) is 0 Å². The molecule has 1 aromatic rings. The number of hydrogen-bond donors (Lipinski definition) is 1. The summed E-state index contributed by atoms with van der Waals surface area (Å²) in [4.78, 5) is 14.1. The number of amides is 2. The quantitative estimate of drug-likeness (QED) is 0.908. The molecule has 21 heavy (non-hydrogen) atoms. The molecule has 1 fully saturated rings. The van der Waals surface area contributed by atoms with Gasteiger partial charge in [0.15, 0.2) is 0 Å². The molecule has 1 saturated heterocycles. The zero-order chi connectivity index (χ0) is 15.1. The second-order valence-corrected chi connectivity index (χ2v) is 5.23. The molecule has 0 unspecified atom stereocenters. The van der Waals surface area contributed by atoms with Crippen LogP contribution in [0.25, 0.3) is 0 Å². The summed E-state index contributed by atoms with van der Waals surface area (Å²) in [6.07, 6.45) is 2.18. The fourth-order valence-corrected chi connectivity index (χ4v) is 2.60. The average Bonchev–Trinajstić information content (AvgIpc) is 2.48. The minimum atomic E-state index is -0.0611. The van der Waals surface area contributed by atoms with Gasteiger partial charge in [-0.1, -0.05) is 12.1 Å². The van der Waals surface area contributed by atoms with Crippen LogP contribution in [0.5, 0.6) is 0 Å². The largest absolute Gasteiger partial charge is 0.380 e. The first-order valence-electron chi connectivity index (χ1n) is 7.48. The van der Waals surface area contributed by atoms with Crippen molar-refractivity contribution in [2.24, 2.45) is 0 Å². The SMILES string of the molecule is CCO[C@H]1CCCN(C(=O)Nc2cccc(COC)c2)C1. The molecule has 5 nitrogen and oxygen atoms in total. The minimum Gasteiger partial charge on any atom is -0.380 e. The number of nitrogens with zero attached hydrogens (tertiary/aromatic N) is 1. The van der Waals surface area contributed by atoms with Crippen molar-refractivity contribution in [2.75, 3.05) is 32.1 Å². The van der Waals surface area contributed by atoms with Crippen molar-refractivity contribution >= 4 is 11.7 Å². The number of piperidine rings is 1. The van der Waals surface area contributed by atoms with Crippen LogP contribution >= 0.6 is 0 Å². The summed E-state index contributed by atoms with van der Waals surface area (Å²) in [5.74, 6) is 0. The van der Waals surface area contributed by atoms with Crippen molar-refractivity contribution < 1.29 is 14.3 Å². The number of carbonyl (C=O) groups is 1. The Kier molecular flexibility index (Phi) is 6.02. The molecule has 1 heterocycles. The highest BCUT2D eigenvalue weighted by atomic mass is 16.5. The lowest BCUT2D eigenvalue weighted by atomic mass is 10.1. The number of nitrogens with one attached hydrogen (secondary N) is 1. The molecule has 5 heteroatoms. The van der Waals surface area contributed by atoms with E-state index in [0.717, 1.165) is 30.6 Å². The van der Waals surface area contributed by atoms with Gasteiger partial charge in [-0.25, -0.2) is 4.79 Å². The lowest BCUT2D eigenvalue weighted by molar-refractivity contribution is 0.0181. The molecule has 2 amide bonds. The first-order chi connectivity index (χ1) is 10.2.